The second-order valence-corrected chi connectivity index (χ2v) is 12.5. The molecule has 0 amide bonds. The Balaban J connectivity index is 2.01. The molecule has 0 bridgehead atoms. The molecule has 0 fully saturated rings. The van der Waals surface area contributed by atoms with Crippen molar-refractivity contribution in [1.29, 1.82) is 0 Å². The highest BCUT2D eigenvalue weighted by molar-refractivity contribution is 6.74. The van der Waals surface area contributed by atoms with Crippen molar-refractivity contribution in [3.8, 4) is 0 Å². The van der Waals surface area contributed by atoms with Gasteiger partial charge < -0.3 is 9.33 Å². The van der Waals surface area contributed by atoms with Crippen molar-refractivity contribution in [3.05, 3.63) is 59.0 Å². The van der Waals surface area contributed by atoms with E-state index in [-0.39, 0.29) is 5.04 Å². The molecule has 1 aliphatic heterocycles. The quantitative estimate of drug-likeness (QED) is 0.666. The molecule has 4 heteroatoms. The SMILES string of the molecule is CC(C)(C)[Si](C)(C)OC1=CC=CN(Cc2cccc(Cl)c2)C1. The normalized spacial score (nSPS) is 15.7. The first-order valence-corrected chi connectivity index (χ1v) is 11.0. The van der Waals surface area contributed by atoms with Crippen LogP contribution in [0.1, 0.15) is 26.3 Å². The van der Waals surface area contributed by atoms with Gasteiger partial charge in [-0.1, -0.05) is 44.5 Å². The third-order valence-corrected chi connectivity index (χ3v) is 9.03. The maximum atomic E-state index is 6.42. The molecule has 0 aliphatic carbocycles. The fourth-order valence-corrected chi connectivity index (χ4v) is 3.41. The lowest BCUT2D eigenvalue weighted by Gasteiger charge is -2.38. The minimum atomic E-state index is -1.77. The third kappa shape index (κ3) is 4.40. The molecule has 0 saturated carbocycles. The third-order valence-electron chi connectivity index (χ3n) is 4.41. The van der Waals surface area contributed by atoms with Crippen LogP contribution >= 0.6 is 11.6 Å². The lowest BCUT2D eigenvalue weighted by molar-refractivity contribution is 0.298. The van der Waals surface area contributed by atoms with E-state index in [4.69, 9.17) is 16.0 Å². The van der Waals surface area contributed by atoms with E-state index in [2.05, 4.69) is 63.2 Å². The Bertz CT molecular complexity index is 587. The van der Waals surface area contributed by atoms with E-state index in [1.165, 1.54) is 5.56 Å². The van der Waals surface area contributed by atoms with Gasteiger partial charge in [0, 0.05) is 11.6 Å². The Labute approximate surface area is 140 Å². The zero-order valence-electron chi connectivity index (χ0n) is 14.2. The molecule has 22 heavy (non-hydrogen) atoms. The smallest absolute Gasteiger partial charge is 0.250 e. The number of hydrogen-bond donors (Lipinski definition) is 0. The second-order valence-electron chi connectivity index (χ2n) is 7.37. The van der Waals surface area contributed by atoms with Crippen molar-refractivity contribution in [2.45, 2.75) is 45.4 Å². The summed E-state index contributed by atoms with van der Waals surface area (Å²) in [6, 6.07) is 8.02. The molecule has 0 N–H and O–H groups in total. The predicted molar refractivity (Wildman–Crippen MR) is 97.4 cm³/mol. The summed E-state index contributed by atoms with van der Waals surface area (Å²) in [6.45, 7) is 13.0. The molecular formula is C18H26ClNOSi. The second kappa shape index (κ2) is 6.51. The van der Waals surface area contributed by atoms with Gasteiger partial charge in [-0.25, -0.2) is 0 Å². The van der Waals surface area contributed by atoms with Crippen molar-refractivity contribution in [2.75, 3.05) is 6.54 Å². The minimum Gasteiger partial charge on any atom is -0.545 e. The summed E-state index contributed by atoms with van der Waals surface area (Å²) in [7, 11) is -1.77. The van der Waals surface area contributed by atoms with Gasteiger partial charge in [0.2, 0.25) is 8.32 Å². The van der Waals surface area contributed by atoms with E-state index in [0.717, 1.165) is 23.9 Å². The molecule has 0 radical (unpaired) electrons. The summed E-state index contributed by atoms with van der Waals surface area (Å²) in [6.07, 6.45) is 6.27. The number of hydrogen-bond acceptors (Lipinski definition) is 2. The molecule has 1 aromatic carbocycles. The Morgan fingerprint density at radius 1 is 1.27 bits per heavy atom. The van der Waals surface area contributed by atoms with Crippen LogP contribution in [0, 0.1) is 0 Å². The highest BCUT2D eigenvalue weighted by Crippen LogP contribution is 2.38. The Kier molecular flexibility index (Phi) is 5.08. The fraction of sp³-hybridized carbons (Fsp3) is 0.444. The summed E-state index contributed by atoms with van der Waals surface area (Å²) >= 11 is 6.06. The van der Waals surface area contributed by atoms with Crippen LogP contribution in [0.2, 0.25) is 23.2 Å². The number of halogens is 1. The van der Waals surface area contributed by atoms with Gasteiger partial charge >= 0.3 is 0 Å². The zero-order chi connectivity index (χ0) is 16.4. The Hall–Kier alpha value is -1.19. The summed E-state index contributed by atoms with van der Waals surface area (Å²) in [5, 5.41) is 0.999. The van der Waals surface area contributed by atoms with Crippen LogP contribution in [0.4, 0.5) is 0 Å². The van der Waals surface area contributed by atoms with Crippen molar-refractivity contribution in [3.63, 3.8) is 0 Å². The van der Waals surface area contributed by atoms with Gasteiger partial charge in [0.05, 0.1) is 12.3 Å². The number of nitrogens with zero attached hydrogens (tertiary/aromatic N) is 1. The molecule has 2 nitrogen and oxygen atoms in total. The molecule has 0 unspecified atom stereocenters. The van der Waals surface area contributed by atoms with Gasteiger partial charge in [0.15, 0.2) is 0 Å². The van der Waals surface area contributed by atoms with Crippen LogP contribution in [-0.2, 0) is 11.0 Å². The summed E-state index contributed by atoms with van der Waals surface area (Å²) in [4.78, 5) is 2.26. The van der Waals surface area contributed by atoms with Crippen LogP contribution < -0.4 is 0 Å². The fourth-order valence-electron chi connectivity index (χ4n) is 2.10. The maximum absolute atomic E-state index is 6.42. The lowest BCUT2D eigenvalue weighted by atomic mass is 10.2. The average molecular weight is 336 g/mol. The molecule has 1 aromatic rings. The molecule has 0 atom stereocenters. The number of rotatable bonds is 4. The Morgan fingerprint density at radius 3 is 2.64 bits per heavy atom. The molecule has 0 saturated heterocycles. The largest absolute Gasteiger partial charge is 0.545 e. The van der Waals surface area contributed by atoms with Gasteiger partial charge in [0.1, 0.15) is 0 Å². The first kappa shape index (κ1) is 17.2. The molecule has 1 aliphatic rings. The monoisotopic (exact) mass is 335 g/mol. The lowest BCUT2D eigenvalue weighted by Crippen LogP contribution is -2.41. The maximum Gasteiger partial charge on any atom is 0.250 e. The average Bonchev–Trinajstić information content (AvgIpc) is 2.37. The predicted octanol–water partition coefficient (Wildman–Crippen LogP) is 5.58. The molecule has 2 rings (SSSR count). The van der Waals surface area contributed by atoms with Gasteiger partial charge in [-0.3, -0.25) is 0 Å². The zero-order valence-corrected chi connectivity index (χ0v) is 15.9. The molecule has 1 heterocycles. The Morgan fingerprint density at radius 2 is 2.00 bits per heavy atom. The van der Waals surface area contributed by atoms with E-state index < -0.39 is 8.32 Å². The van der Waals surface area contributed by atoms with Gasteiger partial charge in [0.25, 0.3) is 0 Å². The van der Waals surface area contributed by atoms with Crippen LogP contribution in [0.5, 0.6) is 0 Å². The van der Waals surface area contributed by atoms with Crippen molar-refractivity contribution in [2.24, 2.45) is 0 Å². The highest BCUT2D eigenvalue weighted by Gasteiger charge is 2.39. The van der Waals surface area contributed by atoms with Crippen LogP contribution in [0.15, 0.2) is 48.4 Å². The molecular weight excluding hydrogens is 310 g/mol. The standard InChI is InChI=1S/C18H26ClNOSi/c1-18(2,3)22(4,5)21-17-10-7-11-20(14-17)13-15-8-6-9-16(19)12-15/h6-12H,13-14H2,1-5H3. The van der Waals surface area contributed by atoms with E-state index in [0.29, 0.717) is 0 Å². The molecule has 0 spiro atoms. The van der Waals surface area contributed by atoms with E-state index in [1.807, 2.05) is 18.2 Å². The number of allylic oxidation sites excluding steroid dienone is 2. The highest BCUT2D eigenvalue weighted by atomic mass is 35.5. The summed E-state index contributed by atoms with van der Waals surface area (Å²) < 4.78 is 6.42. The van der Waals surface area contributed by atoms with Crippen molar-refractivity contribution >= 4 is 19.9 Å². The van der Waals surface area contributed by atoms with E-state index in [9.17, 15) is 0 Å². The van der Waals surface area contributed by atoms with Crippen molar-refractivity contribution < 1.29 is 4.43 Å². The molecule has 120 valence electrons. The van der Waals surface area contributed by atoms with Crippen molar-refractivity contribution in [1.82, 2.24) is 4.90 Å². The minimum absolute atomic E-state index is 0.215. The van der Waals surface area contributed by atoms with E-state index in [1.54, 1.807) is 0 Å². The van der Waals surface area contributed by atoms with Crippen LogP contribution in [-0.4, -0.2) is 19.8 Å². The summed E-state index contributed by atoms with van der Waals surface area (Å²) in [5.41, 5.74) is 1.21. The van der Waals surface area contributed by atoms with Gasteiger partial charge in [-0.2, -0.15) is 0 Å². The first-order chi connectivity index (χ1) is 10.2. The van der Waals surface area contributed by atoms with Gasteiger partial charge in [-0.15, -0.1) is 0 Å². The number of benzene rings is 1. The first-order valence-electron chi connectivity index (χ1n) is 7.72. The van der Waals surface area contributed by atoms with E-state index >= 15 is 0 Å². The van der Waals surface area contributed by atoms with Crippen LogP contribution in [0.3, 0.4) is 0 Å². The summed E-state index contributed by atoms with van der Waals surface area (Å²) in [5.74, 6) is 1.07. The van der Waals surface area contributed by atoms with Crippen LogP contribution in [0.25, 0.3) is 0 Å². The topological polar surface area (TPSA) is 12.5 Å². The molecule has 0 aromatic heterocycles. The van der Waals surface area contributed by atoms with Gasteiger partial charge in [-0.05, 0) is 54.2 Å².